The fourth-order valence-corrected chi connectivity index (χ4v) is 3.40. The predicted octanol–water partition coefficient (Wildman–Crippen LogP) is 2.45. The second-order valence-corrected chi connectivity index (χ2v) is 10.1. The molecule has 1 aromatic carbocycles. The van der Waals surface area contributed by atoms with Gasteiger partial charge in [0.15, 0.2) is 0 Å². The fourth-order valence-electron chi connectivity index (χ4n) is 3.16. The average Bonchev–Trinajstić information content (AvgIpc) is 2.76. The summed E-state index contributed by atoms with van der Waals surface area (Å²) in [5, 5.41) is 5.06. The van der Waals surface area contributed by atoms with Crippen LogP contribution in [0.5, 0.6) is 0 Å². The van der Waals surface area contributed by atoms with Gasteiger partial charge in [-0.2, -0.15) is 12.6 Å². The zero-order valence-corrected chi connectivity index (χ0v) is 22.2. The molecule has 2 unspecified atom stereocenters. The van der Waals surface area contributed by atoms with Crippen molar-refractivity contribution in [3.8, 4) is 12.3 Å². The van der Waals surface area contributed by atoms with Crippen molar-refractivity contribution in [1.82, 2.24) is 15.5 Å². The van der Waals surface area contributed by atoms with Gasteiger partial charge in [0.2, 0.25) is 11.8 Å². The molecule has 0 radical (unpaired) electrons. The summed E-state index contributed by atoms with van der Waals surface area (Å²) in [7, 11) is 1.20. The monoisotopic (exact) mass is 505 g/mol. The predicted molar refractivity (Wildman–Crippen MR) is 136 cm³/mol. The molecule has 35 heavy (non-hydrogen) atoms. The van der Waals surface area contributed by atoms with Crippen LogP contribution in [0.1, 0.15) is 58.7 Å². The van der Waals surface area contributed by atoms with Crippen LogP contribution in [-0.2, 0) is 23.9 Å². The number of rotatable bonds is 8. The van der Waals surface area contributed by atoms with Crippen molar-refractivity contribution in [3.05, 3.63) is 35.4 Å². The first-order valence-electron chi connectivity index (χ1n) is 11.0. The van der Waals surface area contributed by atoms with Crippen LogP contribution < -0.4 is 10.6 Å². The van der Waals surface area contributed by atoms with Crippen molar-refractivity contribution < 1.29 is 28.7 Å². The largest absolute Gasteiger partial charge is 0.468 e. The van der Waals surface area contributed by atoms with Crippen LogP contribution in [0.2, 0.25) is 0 Å². The summed E-state index contributed by atoms with van der Waals surface area (Å²) in [6.45, 7) is 9.99. The Hall–Kier alpha value is -3.19. The lowest BCUT2D eigenvalue weighted by Gasteiger charge is -2.42. The van der Waals surface area contributed by atoms with Crippen LogP contribution in [0.3, 0.4) is 0 Å². The number of esters is 1. The summed E-state index contributed by atoms with van der Waals surface area (Å²) in [5.74, 6) is 0.650. The molecule has 2 atom stereocenters. The topological polar surface area (TPSA) is 114 Å². The number of thiol groups is 1. The van der Waals surface area contributed by atoms with Crippen molar-refractivity contribution in [2.75, 3.05) is 19.4 Å². The Morgan fingerprint density at radius 1 is 1.09 bits per heavy atom. The zero-order chi connectivity index (χ0) is 27.0. The molecule has 10 heteroatoms. The molecule has 0 aliphatic heterocycles. The third-order valence-electron chi connectivity index (χ3n) is 4.67. The van der Waals surface area contributed by atoms with Gasteiger partial charge >= 0.3 is 12.1 Å². The van der Waals surface area contributed by atoms with Crippen LogP contribution in [0.15, 0.2) is 24.3 Å². The van der Waals surface area contributed by atoms with Crippen LogP contribution >= 0.6 is 12.6 Å². The maximum Gasteiger partial charge on any atom is 0.408 e. The Balaban J connectivity index is 3.47. The Kier molecular flexibility index (Phi) is 10.7. The highest BCUT2D eigenvalue weighted by molar-refractivity contribution is 7.80. The number of nitrogens with one attached hydrogen (secondary N) is 2. The van der Waals surface area contributed by atoms with Gasteiger partial charge < -0.3 is 25.0 Å². The average molecular weight is 506 g/mol. The molecule has 0 saturated heterocycles. The van der Waals surface area contributed by atoms with Crippen molar-refractivity contribution in [1.29, 1.82) is 0 Å². The molecule has 0 spiro atoms. The van der Waals surface area contributed by atoms with Gasteiger partial charge in [-0.1, -0.05) is 18.1 Å². The highest BCUT2D eigenvalue weighted by atomic mass is 32.1. The molecule has 0 saturated carbocycles. The highest BCUT2D eigenvalue weighted by Crippen LogP contribution is 2.30. The summed E-state index contributed by atoms with van der Waals surface area (Å²) in [6.07, 6.45) is 4.66. The van der Waals surface area contributed by atoms with Gasteiger partial charge in [-0.05, 0) is 59.2 Å². The van der Waals surface area contributed by atoms with E-state index in [2.05, 4.69) is 33.9 Å². The fraction of sp³-hybridized carbons (Fsp3) is 0.520. The molecule has 0 aliphatic rings. The maximum atomic E-state index is 13.8. The number of hydrogen-bond donors (Lipinski definition) is 3. The smallest absolute Gasteiger partial charge is 0.408 e. The number of methoxy groups -OCH3 is 1. The highest BCUT2D eigenvalue weighted by Gasteiger charge is 2.41. The van der Waals surface area contributed by atoms with E-state index in [1.54, 1.807) is 65.8 Å². The first-order chi connectivity index (χ1) is 16.1. The second-order valence-electron chi connectivity index (χ2n) is 9.72. The number of carbonyl (C=O) groups is 4. The normalized spacial score (nSPS) is 13.0. The lowest BCUT2D eigenvalue weighted by Crippen LogP contribution is -2.59. The van der Waals surface area contributed by atoms with Gasteiger partial charge in [-0.25, -0.2) is 4.79 Å². The molecular formula is C25H35N3O6S. The Morgan fingerprint density at radius 3 is 2.09 bits per heavy atom. The quantitative estimate of drug-likeness (QED) is 0.284. The lowest BCUT2D eigenvalue weighted by atomic mass is 9.95. The number of hydrogen-bond acceptors (Lipinski definition) is 7. The standard InChI is InChI=1S/C25H35N3O6S/c1-9-16-10-12-17(13-11-16)20(21(30)26-14-19(29)33-8)28(24(2,3)4)22(31)18(15-35)27-23(32)34-25(5,6)7/h1,10-13,18,20,35H,14-15H2,2-8H3,(H,26,30)(H,27,32). The number of nitrogens with zero attached hydrogens (tertiary/aromatic N) is 1. The molecule has 9 nitrogen and oxygen atoms in total. The zero-order valence-electron chi connectivity index (χ0n) is 21.3. The first-order valence-corrected chi connectivity index (χ1v) is 11.6. The van der Waals surface area contributed by atoms with E-state index >= 15 is 0 Å². The maximum absolute atomic E-state index is 13.8. The lowest BCUT2D eigenvalue weighted by molar-refractivity contribution is -0.149. The van der Waals surface area contributed by atoms with Gasteiger partial charge in [0, 0.05) is 16.9 Å². The Morgan fingerprint density at radius 2 is 1.66 bits per heavy atom. The number of terminal acetylenes is 1. The molecule has 0 aromatic heterocycles. The first kappa shape index (κ1) is 29.8. The molecule has 0 fully saturated rings. The SMILES string of the molecule is C#Cc1ccc(C(C(=O)NCC(=O)OC)N(C(=O)C(CS)NC(=O)OC(C)(C)C)C(C)(C)C)cc1. The van der Waals surface area contributed by atoms with E-state index in [4.69, 9.17) is 11.2 Å². The number of benzene rings is 1. The molecule has 192 valence electrons. The summed E-state index contributed by atoms with van der Waals surface area (Å²) in [6, 6.07) is 4.34. The number of amides is 3. The van der Waals surface area contributed by atoms with Crippen molar-refractivity contribution >= 4 is 36.5 Å². The van der Waals surface area contributed by atoms with Crippen LogP contribution in [0.25, 0.3) is 0 Å². The summed E-state index contributed by atoms with van der Waals surface area (Å²) in [5.41, 5.74) is -0.597. The van der Waals surface area contributed by atoms with Gasteiger partial charge in [-0.3, -0.25) is 14.4 Å². The van der Waals surface area contributed by atoms with Crippen molar-refractivity contribution in [2.24, 2.45) is 0 Å². The van der Waals surface area contributed by atoms with E-state index in [-0.39, 0.29) is 12.3 Å². The van der Waals surface area contributed by atoms with Gasteiger partial charge in [-0.15, -0.1) is 6.42 Å². The Bertz CT molecular complexity index is 957. The van der Waals surface area contributed by atoms with Gasteiger partial charge in [0.25, 0.3) is 0 Å². The van der Waals surface area contributed by atoms with E-state index in [0.717, 1.165) is 0 Å². The minimum Gasteiger partial charge on any atom is -0.468 e. The molecule has 2 N–H and O–H groups in total. The van der Waals surface area contributed by atoms with E-state index in [9.17, 15) is 19.2 Å². The third-order valence-corrected chi connectivity index (χ3v) is 5.03. The number of ether oxygens (including phenoxy) is 2. The van der Waals surface area contributed by atoms with E-state index < -0.39 is 47.1 Å². The van der Waals surface area contributed by atoms with Crippen LogP contribution in [0, 0.1) is 12.3 Å². The molecular weight excluding hydrogens is 470 g/mol. The van der Waals surface area contributed by atoms with Crippen LogP contribution in [-0.4, -0.2) is 65.4 Å². The van der Waals surface area contributed by atoms with Crippen molar-refractivity contribution in [3.63, 3.8) is 0 Å². The summed E-state index contributed by atoms with van der Waals surface area (Å²) < 4.78 is 9.88. The van der Waals surface area contributed by atoms with Crippen LogP contribution in [0.4, 0.5) is 4.79 Å². The van der Waals surface area contributed by atoms with E-state index in [0.29, 0.717) is 11.1 Å². The molecule has 1 aromatic rings. The van der Waals surface area contributed by atoms with E-state index in [1.165, 1.54) is 12.0 Å². The summed E-state index contributed by atoms with van der Waals surface area (Å²) in [4.78, 5) is 52.5. The minimum atomic E-state index is -1.15. The number of carbonyl (C=O) groups excluding carboxylic acids is 4. The molecule has 0 bridgehead atoms. The third kappa shape index (κ3) is 9.17. The Labute approximate surface area is 212 Å². The molecule has 1 rings (SSSR count). The molecule has 0 aliphatic carbocycles. The van der Waals surface area contributed by atoms with Gasteiger partial charge in [0.05, 0.1) is 7.11 Å². The minimum absolute atomic E-state index is 0.0445. The van der Waals surface area contributed by atoms with E-state index in [1.807, 2.05) is 0 Å². The van der Waals surface area contributed by atoms with Gasteiger partial charge in [0.1, 0.15) is 24.2 Å². The second kappa shape index (κ2) is 12.5. The molecule has 3 amide bonds. The number of alkyl carbamates (subject to hydrolysis) is 1. The molecule has 0 heterocycles. The van der Waals surface area contributed by atoms with Crippen molar-refractivity contribution in [2.45, 2.75) is 64.8 Å². The summed E-state index contributed by atoms with van der Waals surface area (Å²) >= 11 is 4.24.